The minimum atomic E-state index is -0.982. The number of nitrogens with two attached hydrogens (primary N) is 1. The summed E-state index contributed by atoms with van der Waals surface area (Å²) >= 11 is 3.80. The summed E-state index contributed by atoms with van der Waals surface area (Å²) in [4.78, 5) is 4.39. The predicted molar refractivity (Wildman–Crippen MR) is 74.8 cm³/mol. The average molecular weight is 289 g/mol. The van der Waals surface area contributed by atoms with Crippen LogP contribution in [0.5, 0.6) is 0 Å². The van der Waals surface area contributed by atoms with E-state index in [-0.39, 0.29) is 11.8 Å². The van der Waals surface area contributed by atoms with Crippen molar-refractivity contribution in [3.8, 4) is 0 Å². The normalized spacial score (nSPS) is 28.0. The standard InChI is InChI=1S/C11H19N3O2S2/c1-7-9(18-4-3-17-7)10-13-8(16-14-10)5-11(2,15)6-12/h7,9,15H,3-6,12H2,1-2H3. The number of nitrogens with zero attached hydrogens (tertiary/aromatic N) is 2. The van der Waals surface area contributed by atoms with Crippen molar-refractivity contribution in [1.82, 2.24) is 10.1 Å². The maximum atomic E-state index is 9.89. The minimum absolute atomic E-state index is 0.176. The zero-order valence-corrected chi connectivity index (χ0v) is 12.3. The van der Waals surface area contributed by atoms with Gasteiger partial charge < -0.3 is 15.4 Å². The first-order chi connectivity index (χ1) is 8.52. The molecule has 0 aromatic carbocycles. The Hall–Kier alpha value is -0.240. The molecule has 3 unspecified atom stereocenters. The van der Waals surface area contributed by atoms with Crippen molar-refractivity contribution in [1.29, 1.82) is 0 Å². The molecule has 0 bridgehead atoms. The molecule has 18 heavy (non-hydrogen) atoms. The highest BCUT2D eigenvalue weighted by atomic mass is 32.2. The van der Waals surface area contributed by atoms with E-state index in [9.17, 15) is 5.11 Å². The molecule has 0 saturated carbocycles. The van der Waals surface area contributed by atoms with Crippen LogP contribution in [-0.2, 0) is 6.42 Å². The average Bonchev–Trinajstić information content (AvgIpc) is 2.77. The molecule has 1 aromatic rings. The monoisotopic (exact) mass is 289 g/mol. The highest BCUT2D eigenvalue weighted by Crippen LogP contribution is 2.41. The van der Waals surface area contributed by atoms with Gasteiger partial charge in [0, 0.05) is 23.3 Å². The van der Waals surface area contributed by atoms with E-state index >= 15 is 0 Å². The Morgan fingerprint density at radius 1 is 1.50 bits per heavy atom. The van der Waals surface area contributed by atoms with Crippen molar-refractivity contribution in [2.45, 2.75) is 36.4 Å². The summed E-state index contributed by atoms with van der Waals surface area (Å²) in [6.07, 6.45) is 0.301. The Kier molecular flexibility index (Phi) is 4.58. The number of aliphatic hydroxyl groups is 1. The first kappa shape index (κ1) is 14.2. The molecule has 1 aliphatic rings. The zero-order valence-electron chi connectivity index (χ0n) is 10.6. The quantitative estimate of drug-likeness (QED) is 0.862. The molecule has 2 rings (SSSR count). The lowest BCUT2D eigenvalue weighted by molar-refractivity contribution is 0.0610. The molecule has 102 valence electrons. The molecule has 3 N–H and O–H groups in total. The molecule has 1 saturated heterocycles. The van der Waals surface area contributed by atoms with Crippen LogP contribution in [-0.4, -0.2) is 44.1 Å². The lowest BCUT2D eigenvalue weighted by Gasteiger charge is -2.24. The van der Waals surface area contributed by atoms with Crippen LogP contribution in [0.3, 0.4) is 0 Å². The molecule has 0 amide bonds. The van der Waals surface area contributed by atoms with Crippen LogP contribution >= 0.6 is 23.5 Å². The summed E-state index contributed by atoms with van der Waals surface area (Å²) in [5.74, 6) is 3.49. The molecule has 1 aromatic heterocycles. The van der Waals surface area contributed by atoms with Gasteiger partial charge in [0.1, 0.15) is 0 Å². The van der Waals surface area contributed by atoms with Gasteiger partial charge in [-0.05, 0) is 6.92 Å². The summed E-state index contributed by atoms with van der Waals surface area (Å²) in [6.45, 7) is 4.04. The highest BCUT2D eigenvalue weighted by molar-refractivity contribution is 8.06. The van der Waals surface area contributed by atoms with Crippen LogP contribution in [0.15, 0.2) is 4.52 Å². The van der Waals surface area contributed by atoms with Gasteiger partial charge in [0.25, 0.3) is 0 Å². The van der Waals surface area contributed by atoms with Gasteiger partial charge in [0.15, 0.2) is 5.82 Å². The second kappa shape index (κ2) is 5.81. The van der Waals surface area contributed by atoms with E-state index < -0.39 is 5.60 Å². The van der Waals surface area contributed by atoms with E-state index in [1.807, 2.05) is 23.5 Å². The molecule has 2 heterocycles. The third-order valence-electron chi connectivity index (χ3n) is 2.90. The van der Waals surface area contributed by atoms with E-state index in [0.717, 1.165) is 11.6 Å². The Labute approximate surface area is 115 Å². The lowest BCUT2D eigenvalue weighted by Crippen LogP contribution is -2.36. The number of hydrogen-bond acceptors (Lipinski definition) is 7. The maximum absolute atomic E-state index is 9.89. The van der Waals surface area contributed by atoms with Gasteiger partial charge in [0.05, 0.1) is 17.3 Å². The Bertz CT molecular complexity index is 397. The molecule has 7 heteroatoms. The van der Waals surface area contributed by atoms with Crippen LogP contribution in [0.2, 0.25) is 0 Å². The van der Waals surface area contributed by atoms with Crippen molar-refractivity contribution in [2.75, 3.05) is 18.1 Å². The Balaban J connectivity index is 2.05. The molecular formula is C11H19N3O2S2. The summed E-state index contributed by atoms with van der Waals surface area (Å²) in [5.41, 5.74) is 4.50. The molecule has 3 atom stereocenters. The zero-order chi connectivity index (χ0) is 13.2. The second-order valence-electron chi connectivity index (χ2n) is 4.79. The van der Waals surface area contributed by atoms with E-state index in [0.29, 0.717) is 17.6 Å². The van der Waals surface area contributed by atoms with E-state index in [1.54, 1.807) is 6.92 Å². The van der Waals surface area contributed by atoms with Gasteiger partial charge >= 0.3 is 0 Å². The molecule has 0 radical (unpaired) electrons. The lowest BCUT2D eigenvalue weighted by atomic mass is 10.0. The van der Waals surface area contributed by atoms with Crippen LogP contribution in [0.1, 0.15) is 30.8 Å². The summed E-state index contributed by atoms with van der Waals surface area (Å²) in [7, 11) is 0. The van der Waals surface area contributed by atoms with E-state index in [2.05, 4.69) is 17.1 Å². The van der Waals surface area contributed by atoms with Crippen LogP contribution in [0, 0.1) is 0 Å². The SMILES string of the molecule is CC1SCCSC1c1noc(CC(C)(O)CN)n1. The first-order valence-electron chi connectivity index (χ1n) is 6.00. The summed E-state index contributed by atoms with van der Waals surface area (Å²) < 4.78 is 5.20. The molecule has 1 fully saturated rings. The number of hydrogen-bond donors (Lipinski definition) is 2. The van der Waals surface area contributed by atoms with Gasteiger partial charge in [-0.2, -0.15) is 16.7 Å². The molecular weight excluding hydrogens is 270 g/mol. The number of rotatable bonds is 4. The smallest absolute Gasteiger partial charge is 0.229 e. The van der Waals surface area contributed by atoms with E-state index in [1.165, 1.54) is 5.75 Å². The largest absolute Gasteiger partial charge is 0.388 e. The minimum Gasteiger partial charge on any atom is -0.388 e. The van der Waals surface area contributed by atoms with Crippen molar-refractivity contribution in [3.05, 3.63) is 11.7 Å². The fourth-order valence-electron chi connectivity index (χ4n) is 1.77. The van der Waals surface area contributed by atoms with Crippen molar-refractivity contribution in [2.24, 2.45) is 5.73 Å². The maximum Gasteiger partial charge on any atom is 0.229 e. The van der Waals surface area contributed by atoms with Gasteiger partial charge in [0.2, 0.25) is 5.89 Å². The molecule has 0 spiro atoms. The Morgan fingerprint density at radius 3 is 2.89 bits per heavy atom. The number of thioether (sulfide) groups is 2. The fraction of sp³-hybridized carbons (Fsp3) is 0.818. The van der Waals surface area contributed by atoms with E-state index in [4.69, 9.17) is 10.3 Å². The van der Waals surface area contributed by atoms with Crippen LogP contribution in [0.25, 0.3) is 0 Å². The van der Waals surface area contributed by atoms with Gasteiger partial charge in [-0.15, -0.1) is 11.8 Å². The molecule has 0 aliphatic carbocycles. The van der Waals surface area contributed by atoms with Gasteiger partial charge in [-0.1, -0.05) is 12.1 Å². The third-order valence-corrected chi connectivity index (χ3v) is 5.98. The molecule has 1 aliphatic heterocycles. The Morgan fingerprint density at radius 2 is 2.22 bits per heavy atom. The first-order valence-corrected chi connectivity index (χ1v) is 8.10. The number of aromatic nitrogens is 2. The van der Waals surface area contributed by atoms with Crippen LogP contribution < -0.4 is 5.73 Å². The molecule has 5 nitrogen and oxygen atoms in total. The van der Waals surface area contributed by atoms with Crippen LogP contribution in [0.4, 0.5) is 0 Å². The predicted octanol–water partition coefficient (Wildman–Crippen LogP) is 1.23. The highest BCUT2D eigenvalue weighted by Gasteiger charge is 2.29. The second-order valence-corrected chi connectivity index (χ2v) is 7.53. The summed E-state index contributed by atoms with van der Waals surface area (Å²) in [6, 6.07) is 0. The fourth-order valence-corrected chi connectivity index (χ4v) is 4.45. The van der Waals surface area contributed by atoms with Crippen molar-refractivity contribution >= 4 is 23.5 Å². The van der Waals surface area contributed by atoms with Crippen molar-refractivity contribution in [3.63, 3.8) is 0 Å². The van der Waals surface area contributed by atoms with Gasteiger partial charge in [-0.25, -0.2) is 0 Å². The third kappa shape index (κ3) is 3.40. The topological polar surface area (TPSA) is 85.2 Å². The summed E-state index contributed by atoms with van der Waals surface area (Å²) in [5, 5.41) is 14.7. The van der Waals surface area contributed by atoms with Gasteiger partial charge in [-0.3, -0.25) is 0 Å². The van der Waals surface area contributed by atoms with Crippen molar-refractivity contribution < 1.29 is 9.63 Å².